The van der Waals surface area contributed by atoms with E-state index in [0.717, 1.165) is 9.25 Å². The standard InChI is InChI=1S/C21H25ClF3N7O4/c1-11(26-18(34)36-20(2,3)4)16-27-15(28-29-16)10-32-19(35)31(9-14(33)21(23,24)25)17(30-32)12-5-7-13(22)8-6-12/h5-8,11,14,33H,9-10H2,1-4H3,(H,26,34)(H,27,28,29)/t11-,14-/m0/s1. The summed E-state index contributed by atoms with van der Waals surface area (Å²) in [6.07, 6.45) is -8.38. The lowest BCUT2D eigenvalue weighted by Crippen LogP contribution is -2.37. The summed E-state index contributed by atoms with van der Waals surface area (Å²) in [5.74, 6) is 0.321. The second-order valence-electron chi connectivity index (χ2n) is 8.96. The number of rotatable bonds is 7. The monoisotopic (exact) mass is 531 g/mol. The largest absolute Gasteiger partial charge is 0.444 e. The lowest BCUT2D eigenvalue weighted by molar-refractivity contribution is -0.207. The van der Waals surface area contributed by atoms with Crippen LogP contribution >= 0.6 is 11.6 Å². The Labute approximate surface area is 208 Å². The van der Waals surface area contributed by atoms with E-state index in [4.69, 9.17) is 16.3 Å². The van der Waals surface area contributed by atoms with Gasteiger partial charge in [0, 0.05) is 10.6 Å². The van der Waals surface area contributed by atoms with E-state index in [1.165, 1.54) is 24.3 Å². The first-order valence-electron chi connectivity index (χ1n) is 10.7. The number of aliphatic hydroxyl groups excluding tert-OH is 1. The molecule has 0 aliphatic carbocycles. The first kappa shape index (κ1) is 27.2. The van der Waals surface area contributed by atoms with Crippen molar-refractivity contribution in [2.75, 3.05) is 0 Å². The molecule has 1 amide bonds. The Bertz CT molecular complexity index is 1260. The molecule has 196 valence electrons. The predicted molar refractivity (Wildman–Crippen MR) is 122 cm³/mol. The van der Waals surface area contributed by atoms with Crippen molar-refractivity contribution in [3.8, 4) is 11.4 Å². The van der Waals surface area contributed by atoms with Gasteiger partial charge in [0.25, 0.3) is 0 Å². The molecule has 0 aliphatic heterocycles. The second kappa shape index (κ2) is 10.3. The van der Waals surface area contributed by atoms with E-state index in [0.29, 0.717) is 10.6 Å². The van der Waals surface area contributed by atoms with Gasteiger partial charge in [-0.05, 0) is 52.0 Å². The van der Waals surface area contributed by atoms with Crippen LogP contribution < -0.4 is 11.0 Å². The van der Waals surface area contributed by atoms with Crippen LogP contribution in [0.4, 0.5) is 18.0 Å². The fourth-order valence-corrected chi connectivity index (χ4v) is 3.20. The summed E-state index contributed by atoms with van der Waals surface area (Å²) in [6, 6.07) is 5.34. The number of amides is 1. The molecular formula is C21H25ClF3N7O4. The van der Waals surface area contributed by atoms with E-state index >= 15 is 0 Å². The average molecular weight is 532 g/mol. The maximum atomic E-state index is 13.0. The third-order valence-electron chi connectivity index (χ3n) is 4.75. The van der Waals surface area contributed by atoms with E-state index in [1.54, 1.807) is 27.7 Å². The highest BCUT2D eigenvalue weighted by atomic mass is 35.5. The predicted octanol–water partition coefficient (Wildman–Crippen LogP) is 3.04. The first-order valence-corrected chi connectivity index (χ1v) is 11.1. The number of aromatic nitrogens is 6. The van der Waals surface area contributed by atoms with Crippen LogP contribution in [0.5, 0.6) is 0 Å². The number of alkyl halides is 3. The molecule has 0 aliphatic rings. The smallest absolute Gasteiger partial charge is 0.416 e. The number of aliphatic hydroxyl groups is 1. The summed E-state index contributed by atoms with van der Waals surface area (Å²) in [6.45, 7) is 5.46. The van der Waals surface area contributed by atoms with E-state index in [9.17, 15) is 27.9 Å². The van der Waals surface area contributed by atoms with Crippen LogP contribution in [0.3, 0.4) is 0 Å². The minimum absolute atomic E-state index is 0.0975. The van der Waals surface area contributed by atoms with Crippen LogP contribution in [0.25, 0.3) is 11.4 Å². The summed E-state index contributed by atoms with van der Waals surface area (Å²) in [4.78, 5) is 27.8. The van der Waals surface area contributed by atoms with Gasteiger partial charge in [0.2, 0.25) is 0 Å². The Morgan fingerprint density at radius 2 is 1.86 bits per heavy atom. The van der Waals surface area contributed by atoms with Gasteiger partial charge in [0.15, 0.2) is 23.6 Å². The van der Waals surface area contributed by atoms with Crippen LogP contribution in [-0.2, 0) is 17.8 Å². The molecule has 0 unspecified atom stereocenters. The highest BCUT2D eigenvalue weighted by molar-refractivity contribution is 6.30. The number of nitrogens with zero attached hydrogens (tertiary/aromatic N) is 5. The van der Waals surface area contributed by atoms with Crippen molar-refractivity contribution in [1.29, 1.82) is 0 Å². The molecule has 36 heavy (non-hydrogen) atoms. The molecule has 3 rings (SSSR count). The van der Waals surface area contributed by atoms with Crippen LogP contribution in [0.2, 0.25) is 5.02 Å². The van der Waals surface area contributed by atoms with Crippen LogP contribution in [0.1, 0.15) is 45.4 Å². The number of benzene rings is 1. The minimum Gasteiger partial charge on any atom is -0.444 e. The van der Waals surface area contributed by atoms with E-state index < -0.39 is 42.3 Å². The zero-order valence-electron chi connectivity index (χ0n) is 19.8. The molecule has 1 aromatic carbocycles. The summed E-state index contributed by atoms with van der Waals surface area (Å²) in [5.41, 5.74) is -1.28. The Kier molecular flexibility index (Phi) is 7.79. The zero-order chi connectivity index (χ0) is 26.8. The highest BCUT2D eigenvalue weighted by Crippen LogP contribution is 2.24. The number of aromatic amines is 1. The lowest BCUT2D eigenvalue weighted by atomic mass is 10.2. The molecule has 2 heterocycles. The summed E-state index contributed by atoms with van der Waals surface area (Å²) in [7, 11) is 0. The van der Waals surface area contributed by atoms with Crippen LogP contribution in [0, 0.1) is 0 Å². The molecule has 15 heteroatoms. The Hall–Kier alpha value is -3.39. The quantitative estimate of drug-likeness (QED) is 0.425. The molecular weight excluding hydrogens is 507 g/mol. The minimum atomic E-state index is -4.93. The number of halogens is 4. The van der Waals surface area contributed by atoms with Gasteiger partial charge in [-0.15, -0.1) is 15.3 Å². The Morgan fingerprint density at radius 1 is 1.22 bits per heavy atom. The molecule has 11 nitrogen and oxygen atoms in total. The van der Waals surface area contributed by atoms with Crippen molar-refractivity contribution in [3.63, 3.8) is 0 Å². The van der Waals surface area contributed by atoms with Crippen molar-refractivity contribution in [2.24, 2.45) is 0 Å². The first-order chi connectivity index (χ1) is 16.6. The van der Waals surface area contributed by atoms with E-state index in [2.05, 4.69) is 25.6 Å². The van der Waals surface area contributed by atoms with Crippen molar-refractivity contribution >= 4 is 17.7 Å². The van der Waals surface area contributed by atoms with Gasteiger partial charge in [0.05, 0.1) is 12.6 Å². The fourth-order valence-electron chi connectivity index (χ4n) is 3.07. The molecule has 2 atom stereocenters. The van der Waals surface area contributed by atoms with Gasteiger partial charge in [-0.3, -0.25) is 4.57 Å². The summed E-state index contributed by atoms with van der Waals surface area (Å²) >= 11 is 5.88. The second-order valence-corrected chi connectivity index (χ2v) is 9.40. The highest BCUT2D eigenvalue weighted by Gasteiger charge is 2.39. The van der Waals surface area contributed by atoms with Crippen molar-refractivity contribution in [3.05, 3.63) is 51.4 Å². The molecule has 0 bridgehead atoms. The third-order valence-corrected chi connectivity index (χ3v) is 5.00. The summed E-state index contributed by atoms with van der Waals surface area (Å²) < 4.78 is 45.8. The number of nitrogens with one attached hydrogen (secondary N) is 2. The number of hydrogen-bond donors (Lipinski definition) is 3. The molecule has 0 radical (unpaired) electrons. The van der Waals surface area contributed by atoms with Crippen molar-refractivity contribution in [1.82, 2.24) is 34.8 Å². The maximum absolute atomic E-state index is 13.0. The van der Waals surface area contributed by atoms with Gasteiger partial charge in [0.1, 0.15) is 12.1 Å². The number of carbonyl (C=O) groups is 1. The van der Waals surface area contributed by atoms with Crippen molar-refractivity contribution in [2.45, 2.75) is 64.7 Å². The normalized spacial score (nSPS) is 13.9. The maximum Gasteiger partial charge on any atom is 0.416 e. The molecule has 2 aromatic heterocycles. The van der Waals surface area contributed by atoms with Crippen LogP contribution in [0.15, 0.2) is 29.1 Å². The van der Waals surface area contributed by atoms with E-state index in [1.807, 2.05) is 0 Å². The number of carbonyl (C=O) groups excluding carboxylic acids is 1. The lowest BCUT2D eigenvalue weighted by Gasteiger charge is -2.21. The van der Waals surface area contributed by atoms with Gasteiger partial charge < -0.3 is 20.1 Å². The SMILES string of the molecule is C[C@H](NC(=O)OC(C)(C)C)c1nnc(Cn2nc(-c3ccc(Cl)cc3)n(C[C@H](O)C(F)(F)F)c2=O)[nH]1. The number of H-pyrrole nitrogens is 1. The van der Waals surface area contributed by atoms with Crippen molar-refractivity contribution < 1.29 is 27.8 Å². The number of ether oxygens (including phenoxy) is 1. The van der Waals surface area contributed by atoms with Gasteiger partial charge in [-0.2, -0.15) is 13.2 Å². The number of hydrogen-bond acceptors (Lipinski definition) is 7. The molecule has 0 spiro atoms. The molecule has 3 aromatic rings. The summed E-state index contributed by atoms with van der Waals surface area (Å²) in [5, 5.41) is 24.6. The zero-order valence-corrected chi connectivity index (χ0v) is 20.6. The molecule has 3 N–H and O–H groups in total. The van der Waals surface area contributed by atoms with Gasteiger partial charge >= 0.3 is 18.0 Å². The van der Waals surface area contributed by atoms with E-state index in [-0.39, 0.29) is 24.0 Å². The Balaban J connectivity index is 1.86. The number of alkyl carbamates (subject to hydrolysis) is 1. The molecule has 0 saturated heterocycles. The van der Waals surface area contributed by atoms with Gasteiger partial charge in [-0.25, -0.2) is 14.3 Å². The fraction of sp³-hybridized carbons (Fsp3) is 0.476. The average Bonchev–Trinajstić information content (AvgIpc) is 3.33. The Morgan fingerprint density at radius 3 is 2.44 bits per heavy atom. The van der Waals surface area contributed by atoms with Gasteiger partial charge in [-0.1, -0.05) is 11.6 Å². The third kappa shape index (κ3) is 6.85. The molecule has 0 fully saturated rings. The van der Waals surface area contributed by atoms with Crippen LogP contribution in [-0.4, -0.2) is 58.6 Å². The topological polar surface area (TPSA) is 140 Å². The molecule has 0 saturated carbocycles.